The zero-order chi connectivity index (χ0) is 18.4. The van der Waals surface area contributed by atoms with E-state index in [-0.39, 0.29) is 17.1 Å². The summed E-state index contributed by atoms with van der Waals surface area (Å²) in [6, 6.07) is 10.5. The topological polar surface area (TPSA) is 56.1 Å². The molecule has 0 spiro atoms. The number of dihydropyridines is 1. The number of Topliss-reactive ketones (excluding diaryl/α,β-unsaturated/α-hetero) is 1. The molecule has 0 aromatic heterocycles. The Hall–Kier alpha value is -2.54. The van der Waals surface area contributed by atoms with Gasteiger partial charge >= 0.3 is 0 Å². The summed E-state index contributed by atoms with van der Waals surface area (Å²) < 4.78 is 0. The van der Waals surface area contributed by atoms with E-state index in [0.29, 0.717) is 12.0 Å². The first-order valence-corrected chi connectivity index (χ1v) is 8.65. The Morgan fingerprint density at radius 1 is 1.20 bits per heavy atom. The quantitative estimate of drug-likeness (QED) is 0.891. The second-order valence-corrected chi connectivity index (χ2v) is 8.03. The molecule has 1 aliphatic carbocycles. The van der Waals surface area contributed by atoms with Gasteiger partial charge in [0.1, 0.15) is 0 Å². The Morgan fingerprint density at radius 2 is 1.84 bits per heavy atom. The number of allylic oxidation sites excluding steroid dienone is 4. The zero-order valence-electron chi connectivity index (χ0n) is 15.6. The number of anilines is 1. The number of hydrogen-bond acceptors (Lipinski definition) is 4. The van der Waals surface area contributed by atoms with Crippen LogP contribution >= 0.6 is 0 Å². The molecule has 1 aromatic rings. The average molecular weight is 335 g/mol. The summed E-state index contributed by atoms with van der Waals surface area (Å²) in [5, 5.41) is 13.1. The first kappa shape index (κ1) is 17.3. The minimum Gasteiger partial charge on any atom is -0.378 e. The van der Waals surface area contributed by atoms with Gasteiger partial charge < -0.3 is 10.2 Å². The van der Waals surface area contributed by atoms with Gasteiger partial charge in [0.25, 0.3) is 0 Å². The first-order chi connectivity index (χ1) is 11.7. The van der Waals surface area contributed by atoms with E-state index in [1.165, 1.54) is 0 Å². The van der Waals surface area contributed by atoms with Crippen LogP contribution in [-0.2, 0) is 4.79 Å². The molecule has 4 nitrogen and oxygen atoms in total. The van der Waals surface area contributed by atoms with Crippen molar-refractivity contribution in [3.8, 4) is 6.07 Å². The normalized spacial score (nSPS) is 22.2. The molecule has 0 saturated carbocycles. The number of carbonyl (C=O) groups is 1. The molecule has 0 saturated heterocycles. The summed E-state index contributed by atoms with van der Waals surface area (Å²) in [5.74, 6) is -0.109. The molecule has 0 radical (unpaired) electrons. The largest absolute Gasteiger partial charge is 0.378 e. The first-order valence-electron chi connectivity index (χ1n) is 8.65. The SMILES string of the molecule is CC1=C(C#N)[C@@H](c2ccc(N(C)C)cc2)C2=C(CC(C)(C)CC2=O)N1. The number of rotatable bonds is 2. The Balaban J connectivity index is 2.12. The molecule has 25 heavy (non-hydrogen) atoms. The van der Waals surface area contributed by atoms with Crippen LogP contribution in [0.2, 0.25) is 0 Å². The van der Waals surface area contributed by atoms with Crippen molar-refractivity contribution in [2.24, 2.45) is 5.41 Å². The molecule has 3 rings (SSSR count). The van der Waals surface area contributed by atoms with Crippen LogP contribution in [0.3, 0.4) is 0 Å². The monoisotopic (exact) mass is 335 g/mol. The van der Waals surface area contributed by atoms with Gasteiger partial charge in [-0.1, -0.05) is 26.0 Å². The predicted molar refractivity (Wildman–Crippen MR) is 100 cm³/mol. The van der Waals surface area contributed by atoms with E-state index in [1.807, 2.05) is 50.2 Å². The van der Waals surface area contributed by atoms with Gasteiger partial charge in [-0.2, -0.15) is 5.26 Å². The average Bonchev–Trinajstić information content (AvgIpc) is 2.52. The minimum absolute atomic E-state index is 0.0489. The highest BCUT2D eigenvalue weighted by Gasteiger charge is 2.40. The van der Waals surface area contributed by atoms with Crippen LogP contribution in [0.1, 0.15) is 45.1 Å². The van der Waals surface area contributed by atoms with E-state index in [0.717, 1.165) is 34.6 Å². The van der Waals surface area contributed by atoms with Crippen molar-refractivity contribution in [3.63, 3.8) is 0 Å². The minimum atomic E-state index is -0.263. The van der Waals surface area contributed by atoms with Crippen molar-refractivity contribution in [2.45, 2.75) is 39.5 Å². The smallest absolute Gasteiger partial charge is 0.162 e. The summed E-state index contributed by atoms with van der Waals surface area (Å²) in [7, 11) is 4.00. The zero-order valence-corrected chi connectivity index (χ0v) is 15.6. The van der Waals surface area contributed by atoms with E-state index in [2.05, 4.69) is 25.2 Å². The molecule has 1 N–H and O–H groups in total. The molecule has 0 amide bonds. The summed E-state index contributed by atoms with van der Waals surface area (Å²) in [5.41, 5.74) is 5.31. The third kappa shape index (κ3) is 3.07. The summed E-state index contributed by atoms with van der Waals surface area (Å²) in [6.07, 6.45) is 1.36. The lowest BCUT2D eigenvalue weighted by atomic mass is 9.69. The Bertz CT molecular complexity index is 820. The molecule has 4 heteroatoms. The summed E-state index contributed by atoms with van der Waals surface area (Å²) in [4.78, 5) is 15.0. The molecular formula is C21H25N3O. The number of ketones is 1. The third-order valence-corrected chi connectivity index (χ3v) is 5.10. The van der Waals surface area contributed by atoms with E-state index in [4.69, 9.17) is 0 Å². The van der Waals surface area contributed by atoms with Crippen LogP contribution in [0.5, 0.6) is 0 Å². The van der Waals surface area contributed by atoms with Crippen molar-refractivity contribution in [3.05, 3.63) is 52.4 Å². The van der Waals surface area contributed by atoms with E-state index < -0.39 is 0 Å². The maximum absolute atomic E-state index is 12.9. The molecule has 0 unspecified atom stereocenters. The van der Waals surface area contributed by atoms with Crippen LogP contribution in [0.4, 0.5) is 5.69 Å². The number of nitriles is 1. The Kier molecular flexibility index (Phi) is 4.20. The molecule has 1 atom stereocenters. The molecule has 1 heterocycles. The van der Waals surface area contributed by atoms with Gasteiger partial charge in [-0.25, -0.2) is 0 Å². The maximum atomic E-state index is 12.9. The van der Waals surface area contributed by atoms with Crippen LogP contribution in [-0.4, -0.2) is 19.9 Å². The van der Waals surface area contributed by atoms with Crippen molar-refractivity contribution >= 4 is 11.5 Å². The van der Waals surface area contributed by atoms with Gasteiger partial charge in [0.05, 0.1) is 17.6 Å². The number of benzene rings is 1. The molecule has 2 aliphatic rings. The maximum Gasteiger partial charge on any atom is 0.162 e. The highest BCUT2D eigenvalue weighted by molar-refractivity contribution is 6.00. The second kappa shape index (κ2) is 6.07. The number of hydrogen-bond donors (Lipinski definition) is 1. The Morgan fingerprint density at radius 3 is 2.40 bits per heavy atom. The van der Waals surface area contributed by atoms with Crippen molar-refractivity contribution in [1.82, 2.24) is 5.32 Å². The summed E-state index contributed by atoms with van der Waals surface area (Å²) >= 11 is 0. The Labute approximate surface area is 149 Å². The van der Waals surface area contributed by atoms with Crippen molar-refractivity contribution in [1.29, 1.82) is 5.26 Å². The van der Waals surface area contributed by atoms with Crippen LogP contribution < -0.4 is 10.2 Å². The fourth-order valence-electron chi connectivity index (χ4n) is 3.88. The molecule has 130 valence electrons. The van der Waals surface area contributed by atoms with Crippen molar-refractivity contribution < 1.29 is 4.79 Å². The molecule has 1 aliphatic heterocycles. The number of nitrogens with one attached hydrogen (secondary N) is 1. The molecule has 0 bridgehead atoms. The summed E-state index contributed by atoms with van der Waals surface area (Å²) in [6.45, 7) is 6.17. The molecular weight excluding hydrogens is 310 g/mol. The number of nitrogens with zero attached hydrogens (tertiary/aromatic N) is 2. The van der Waals surface area contributed by atoms with E-state index in [9.17, 15) is 10.1 Å². The van der Waals surface area contributed by atoms with Crippen LogP contribution in [0, 0.1) is 16.7 Å². The van der Waals surface area contributed by atoms with E-state index in [1.54, 1.807) is 0 Å². The second-order valence-electron chi connectivity index (χ2n) is 8.03. The van der Waals surface area contributed by atoms with Gasteiger partial charge in [-0.15, -0.1) is 0 Å². The fourth-order valence-corrected chi connectivity index (χ4v) is 3.88. The fraction of sp³-hybridized carbons (Fsp3) is 0.429. The standard InChI is InChI=1S/C21H25N3O/c1-13-16(12-22)19(14-6-8-15(9-7-14)24(4)5)20-17(23-13)10-21(2,3)11-18(20)25/h6-9,19,23H,10-11H2,1-5H3/t19-/m1/s1. The lowest BCUT2D eigenvalue weighted by molar-refractivity contribution is -0.118. The van der Waals surface area contributed by atoms with Gasteiger partial charge in [-0.05, 0) is 36.5 Å². The lowest BCUT2D eigenvalue weighted by Crippen LogP contribution is -2.36. The van der Waals surface area contributed by atoms with Crippen LogP contribution in [0.15, 0.2) is 46.8 Å². The lowest BCUT2D eigenvalue weighted by Gasteiger charge is -2.38. The third-order valence-electron chi connectivity index (χ3n) is 5.10. The van der Waals surface area contributed by atoms with Crippen molar-refractivity contribution in [2.75, 3.05) is 19.0 Å². The van der Waals surface area contributed by atoms with Gasteiger partial charge in [0.15, 0.2) is 5.78 Å². The van der Waals surface area contributed by atoms with E-state index >= 15 is 0 Å². The van der Waals surface area contributed by atoms with Gasteiger partial charge in [0.2, 0.25) is 0 Å². The van der Waals surface area contributed by atoms with Gasteiger partial charge in [-0.3, -0.25) is 4.79 Å². The highest BCUT2D eigenvalue weighted by atomic mass is 16.1. The van der Waals surface area contributed by atoms with Gasteiger partial charge in [0, 0.05) is 43.2 Å². The number of carbonyl (C=O) groups excluding carboxylic acids is 1. The predicted octanol–water partition coefficient (Wildman–Crippen LogP) is 3.88. The highest BCUT2D eigenvalue weighted by Crippen LogP contribution is 2.46. The molecule has 1 aromatic carbocycles. The molecule has 0 fully saturated rings. The van der Waals surface area contributed by atoms with Crippen LogP contribution in [0.25, 0.3) is 0 Å².